The van der Waals surface area contributed by atoms with Crippen molar-refractivity contribution in [3.05, 3.63) is 192 Å². The van der Waals surface area contributed by atoms with Crippen LogP contribution in [0, 0.1) is 12.9 Å². The fraction of sp³-hybridized carbons (Fsp3) is 0.172. The molecule has 0 unspecified atom stereocenters. The third kappa shape index (κ3) is 8.70. The number of hydrogen-bond acceptors (Lipinski definition) is 3. The maximum Gasteiger partial charge on any atom is 0.148 e. The van der Waals surface area contributed by atoms with Crippen molar-refractivity contribution >= 4 is 11.0 Å². The van der Waals surface area contributed by atoms with Crippen LogP contribution in [0.4, 0.5) is 0 Å². The number of aromatic nitrogens is 3. The SMILES string of the molecule is [2H]C([2H])([2H])c1cc(-c2cc(C([2H])(C)C)cc(C([2H])(C)C)c2)ccc1-n1c(-c2ccccc2O)nc2c(-c3[c-]c(-c4cc(-c5ccc(C([2H])(C)C)cc5)ccn4)cc(-c4ccccc4)c3)cccc21.[Pt]. The van der Waals surface area contributed by atoms with Crippen LogP contribution in [-0.4, -0.2) is 19.6 Å². The molecule has 1 N–H and O–H groups in total. The van der Waals surface area contributed by atoms with Crippen LogP contribution in [0.25, 0.3) is 83.9 Å². The number of aromatic hydroxyl groups is 1. The Balaban J connectivity index is 0.00000642. The van der Waals surface area contributed by atoms with E-state index in [1.807, 2.05) is 115 Å². The topological polar surface area (TPSA) is 50.9 Å². The zero-order chi connectivity index (χ0) is 48.3. The van der Waals surface area contributed by atoms with Gasteiger partial charge in [0.2, 0.25) is 0 Å². The van der Waals surface area contributed by atoms with Crippen LogP contribution in [0.3, 0.4) is 0 Å². The summed E-state index contributed by atoms with van der Waals surface area (Å²) < 4.78 is 54.9. The Morgan fingerprint density at radius 3 is 1.87 bits per heavy atom. The fourth-order valence-electron chi connectivity index (χ4n) is 8.09. The average Bonchev–Trinajstić information content (AvgIpc) is 3.70. The molecule has 9 aromatic rings. The van der Waals surface area contributed by atoms with Gasteiger partial charge in [0.25, 0.3) is 0 Å². The van der Waals surface area contributed by atoms with Crippen molar-refractivity contribution < 1.29 is 34.4 Å². The maximum atomic E-state index is 11.4. The van der Waals surface area contributed by atoms with Gasteiger partial charge in [-0.05, 0) is 111 Å². The minimum Gasteiger partial charge on any atom is -0.507 e. The number of hydrogen-bond donors (Lipinski definition) is 1. The molecule has 0 amide bonds. The van der Waals surface area contributed by atoms with Crippen LogP contribution < -0.4 is 0 Å². The van der Waals surface area contributed by atoms with E-state index in [1.165, 1.54) is 0 Å². The van der Waals surface area contributed by atoms with E-state index in [1.54, 1.807) is 64.2 Å². The first-order chi connectivity index (χ1) is 32.1. The minimum atomic E-state index is -2.59. The standard InChI is InChI=1S/C58H52N3O.Pt/c1-36(2)40-20-22-42(23-21-40)44-26-27-59-53(35-44)50-33-47(41-14-9-8-10-15-41)32-49(34-50)51-17-13-18-55-57(51)60-58(52-16-11-12-19-56(52)62)61(55)54-25-24-43(28-39(54)7)48-30-45(37(3)4)29-46(31-48)38(5)6;/h8-33,35-38,62H,1-7H3;/q-1;/i7D3,36D,37D,38D;. The molecule has 0 aliphatic heterocycles. The van der Waals surface area contributed by atoms with E-state index in [4.69, 9.17) is 18.2 Å². The van der Waals surface area contributed by atoms with Gasteiger partial charge in [-0.25, -0.2) is 4.98 Å². The second-order valence-corrected chi connectivity index (χ2v) is 16.6. The van der Waals surface area contributed by atoms with Gasteiger partial charge in [-0.15, -0.1) is 23.8 Å². The second-order valence-electron chi connectivity index (χ2n) is 16.6. The molecule has 0 fully saturated rings. The summed E-state index contributed by atoms with van der Waals surface area (Å²) in [7, 11) is 0. The number of benzene rings is 7. The summed E-state index contributed by atoms with van der Waals surface area (Å²) in [6, 6.07) is 53.9. The van der Waals surface area contributed by atoms with Crippen molar-refractivity contribution in [3.63, 3.8) is 0 Å². The molecule has 0 bridgehead atoms. The number of rotatable bonds is 10. The van der Waals surface area contributed by atoms with E-state index in [0.717, 1.165) is 61.3 Å². The molecule has 0 atom stereocenters. The average molecular weight is 1010 g/mol. The van der Waals surface area contributed by atoms with Crippen LogP contribution >= 0.6 is 0 Å². The molecule has 5 heteroatoms. The molecule has 4 nitrogen and oxygen atoms in total. The second kappa shape index (κ2) is 18.2. The summed E-state index contributed by atoms with van der Waals surface area (Å²) in [5, 5.41) is 11.4. The van der Waals surface area contributed by atoms with Crippen LogP contribution in [0.15, 0.2) is 164 Å². The number of pyridine rings is 1. The summed E-state index contributed by atoms with van der Waals surface area (Å²) in [4.78, 5) is 10.1. The molecule has 0 radical (unpaired) electrons. The van der Waals surface area contributed by atoms with Gasteiger partial charge in [-0.1, -0.05) is 167 Å². The molecule has 0 aliphatic carbocycles. The normalized spacial score (nSPS) is 13.6. The van der Waals surface area contributed by atoms with Crippen LogP contribution in [0.2, 0.25) is 0 Å². The van der Waals surface area contributed by atoms with Gasteiger partial charge in [-0.3, -0.25) is 9.55 Å². The van der Waals surface area contributed by atoms with E-state index in [0.29, 0.717) is 39.2 Å². The first-order valence-electron chi connectivity index (χ1n) is 24.0. The molecule has 0 aliphatic rings. The summed E-state index contributed by atoms with van der Waals surface area (Å²) in [6.45, 7) is 8.38. The van der Waals surface area contributed by atoms with Crippen molar-refractivity contribution in [3.8, 4) is 78.6 Å². The van der Waals surface area contributed by atoms with E-state index >= 15 is 0 Å². The molecule has 9 rings (SSSR count). The Hall–Kier alpha value is -6.35. The zero-order valence-corrected chi connectivity index (χ0v) is 38.5. The summed E-state index contributed by atoms with van der Waals surface area (Å²) in [6.07, 6.45) is 1.80. The quantitative estimate of drug-likeness (QED) is 0.139. The smallest absolute Gasteiger partial charge is 0.148 e. The number of phenols is 1. The Morgan fingerprint density at radius 2 is 1.17 bits per heavy atom. The predicted octanol–water partition coefficient (Wildman–Crippen LogP) is 15.6. The van der Waals surface area contributed by atoms with E-state index in [9.17, 15) is 5.11 Å². The molecular weight excluding hydrogens is 950 g/mol. The number of para-hydroxylation sites is 2. The monoisotopic (exact) mass is 1010 g/mol. The molecule has 2 heterocycles. The van der Waals surface area contributed by atoms with Crippen molar-refractivity contribution in [2.75, 3.05) is 0 Å². The van der Waals surface area contributed by atoms with Crippen LogP contribution in [0.5, 0.6) is 5.75 Å². The van der Waals surface area contributed by atoms with Crippen LogP contribution in [0.1, 0.15) is 89.7 Å². The number of imidazole rings is 1. The Morgan fingerprint density at radius 1 is 0.556 bits per heavy atom. The Kier molecular flexibility index (Phi) is 10.4. The molecule has 0 saturated heterocycles. The summed E-state index contributed by atoms with van der Waals surface area (Å²) in [5.74, 6) is -2.30. The van der Waals surface area contributed by atoms with Crippen molar-refractivity contribution in [2.24, 2.45) is 0 Å². The van der Waals surface area contributed by atoms with Gasteiger partial charge in [0, 0.05) is 41.2 Å². The number of phenolic OH excluding ortho intramolecular Hbond substituents is 1. The van der Waals surface area contributed by atoms with Gasteiger partial charge in [-0.2, -0.15) is 0 Å². The summed E-state index contributed by atoms with van der Waals surface area (Å²) >= 11 is 0. The zero-order valence-electron chi connectivity index (χ0n) is 42.2. The molecule has 63 heavy (non-hydrogen) atoms. The van der Waals surface area contributed by atoms with E-state index < -0.39 is 24.5 Å². The van der Waals surface area contributed by atoms with Gasteiger partial charge in [0.05, 0.1) is 22.3 Å². The van der Waals surface area contributed by atoms with E-state index in [-0.39, 0.29) is 32.4 Å². The molecule has 0 saturated carbocycles. The fourth-order valence-corrected chi connectivity index (χ4v) is 8.09. The Bertz CT molecular complexity index is 3310. The van der Waals surface area contributed by atoms with Gasteiger partial charge < -0.3 is 5.11 Å². The van der Waals surface area contributed by atoms with Crippen molar-refractivity contribution in [1.29, 1.82) is 0 Å². The number of nitrogens with zero attached hydrogens (tertiary/aromatic N) is 3. The van der Waals surface area contributed by atoms with Gasteiger partial charge in [0.15, 0.2) is 0 Å². The van der Waals surface area contributed by atoms with Crippen molar-refractivity contribution in [1.82, 2.24) is 14.5 Å². The third-order valence-corrected chi connectivity index (χ3v) is 11.6. The first kappa shape index (κ1) is 36.2. The van der Waals surface area contributed by atoms with Crippen molar-refractivity contribution in [2.45, 2.75) is 66.1 Å². The Labute approximate surface area is 395 Å². The van der Waals surface area contributed by atoms with Crippen LogP contribution in [-0.2, 0) is 21.1 Å². The molecule has 0 spiro atoms. The summed E-state index contributed by atoms with van der Waals surface area (Å²) in [5.41, 5.74) is 12.7. The molecule has 7 aromatic carbocycles. The largest absolute Gasteiger partial charge is 0.507 e. The molecule has 316 valence electrons. The number of aryl methyl sites for hydroxylation is 1. The number of fused-ring (bicyclic) bond motifs is 1. The molecule has 2 aromatic heterocycles. The minimum absolute atomic E-state index is 0. The van der Waals surface area contributed by atoms with E-state index in [2.05, 4.69) is 36.4 Å². The molecular formula is C58H52N3OPt-. The third-order valence-electron chi connectivity index (χ3n) is 11.6. The maximum absolute atomic E-state index is 11.4. The van der Waals surface area contributed by atoms with Gasteiger partial charge >= 0.3 is 0 Å². The van der Waals surface area contributed by atoms with Gasteiger partial charge in [0.1, 0.15) is 11.6 Å². The first-order valence-corrected chi connectivity index (χ1v) is 21.0. The predicted molar refractivity (Wildman–Crippen MR) is 259 cm³/mol.